The van der Waals surface area contributed by atoms with E-state index in [0.717, 1.165) is 13.1 Å². The molecule has 0 atom stereocenters. The number of phenols is 1. The number of piperidine rings is 1. The first-order valence-corrected chi connectivity index (χ1v) is 7.40. The van der Waals surface area contributed by atoms with Gasteiger partial charge in [0.1, 0.15) is 5.75 Å². The third kappa shape index (κ3) is 2.26. The number of phenolic OH excluding ortho intramolecular Hbond substituents is 1. The molecule has 1 aliphatic heterocycles. The normalized spacial score (nSPS) is 21.3. The van der Waals surface area contributed by atoms with E-state index < -0.39 is 0 Å². The molecule has 98 valence electrons. The lowest BCUT2D eigenvalue weighted by Gasteiger charge is -2.27. The van der Waals surface area contributed by atoms with Gasteiger partial charge in [-0.15, -0.1) is 0 Å². The Morgan fingerprint density at radius 3 is 2.61 bits per heavy atom. The number of fused-ring (bicyclic) bond motifs is 1. The van der Waals surface area contributed by atoms with Gasteiger partial charge in [0.05, 0.1) is 0 Å². The van der Waals surface area contributed by atoms with Crippen LogP contribution in [0.2, 0.25) is 0 Å². The monoisotopic (exact) mass is 245 g/mol. The van der Waals surface area contributed by atoms with Gasteiger partial charge in [0.25, 0.3) is 0 Å². The number of hydrogen-bond donors (Lipinski definition) is 2. The number of nitrogens with one attached hydrogen (secondary N) is 1. The van der Waals surface area contributed by atoms with Crippen LogP contribution in [0.4, 0.5) is 0 Å². The summed E-state index contributed by atoms with van der Waals surface area (Å²) in [6.45, 7) is 2.18. The zero-order chi connectivity index (χ0) is 12.4. The smallest absolute Gasteiger partial charge is 0.119 e. The summed E-state index contributed by atoms with van der Waals surface area (Å²) >= 11 is 0. The van der Waals surface area contributed by atoms with Gasteiger partial charge in [0.2, 0.25) is 0 Å². The van der Waals surface area contributed by atoms with Gasteiger partial charge in [-0.3, -0.25) is 0 Å². The minimum Gasteiger partial charge on any atom is -0.508 e. The van der Waals surface area contributed by atoms with E-state index in [1.54, 1.807) is 0 Å². The molecule has 0 radical (unpaired) electrons. The van der Waals surface area contributed by atoms with Crippen LogP contribution in [0.3, 0.4) is 0 Å². The van der Waals surface area contributed by atoms with Crippen molar-refractivity contribution in [2.24, 2.45) is 0 Å². The molecule has 0 saturated carbocycles. The predicted molar refractivity (Wildman–Crippen MR) is 74.2 cm³/mol. The van der Waals surface area contributed by atoms with E-state index in [0.29, 0.717) is 11.7 Å². The van der Waals surface area contributed by atoms with Gasteiger partial charge in [-0.1, -0.05) is 12.5 Å². The molecule has 0 bridgehead atoms. The van der Waals surface area contributed by atoms with Crippen LogP contribution in [0.15, 0.2) is 12.1 Å². The SMILES string of the molecule is Oc1ccc2c(c1C1CCNCC1)CCCCC2. The Labute approximate surface area is 109 Å². The fourth-order valence-corrected chi connectivity index (χ4v) is 3.59. The maximum atomic E-state index is 10.3. The molecule has 3 rings (SSSR count). The Bertz CT molecular complexity index is 421. The lowest BCUT2D eigenvalue weighted by Crippen LogP contribution is -2.27. The highest BCUT2D eigenvalue weighted by atomic mass is 16.3. The Kier molecular flexibility index (Phi) is 3.55. The lowest BCUT2D eigenvalue weighted by molar-refractivity contribution is 0.421. The second-order valence-corrected chi connectivity index (χ2v) is 5.72. The summed E-state index contributed by atoms with van der Waals surface area (Å²) in [5.74, 6) is 1.11. The summed E-state index contributed by atoms with van der Waals surface area (Å²) in [6, 6.07) is 4.09. The number of rotatable bonds is 1. The quantitative estimate of drug-likeness (QED) is 0.745. The van der Waals surface area contributed by atoms with Gasteiger partial charge in [-0.05, 0) is 74.7 Å². The van der Waals surface area contributed by atoms with Gasteiger partial charge in [-0.25, -0.2) is 0 Å². The minimum absolute atomic E-state index is 0.544. The van der Waals surface area contributed by atoms with E-state index in [-0.39, 0.29) is 0 Å². The van der Waals surface area contributed by atoms with Crippen molar-refractivity contribution in [3.8, 4) is 5.75 Å². The van der Waals surface area contributed by atoms with Gasteiger partial charge >= 0.3 is 0 Å². The Morgan fingerprint density at radius 2 is 1.78 bits per heavy atom. The van der Waals surface area contributed by atoms with E-state index in [9.17, 15) is 5.11 Å². The van der Waals surface area contributed by atoms with Crippen molar-refractivity contribution in [2.75, 3.05) is 13.1 Å². The van der Waals surface area contributed by atoms with Crippen molar-refractivity contribution in [3.63, 3.8) is 0 Å². The molecule has 0 amide bonds. The van der Waals surface area contributed by atoms with Crippen LogP contribution in [-0.2, 0) is 12.8 Å². The largest absolute Gasteiger partial charge is 0.508 e. The van der Waals surface area contributed by atoms with Gasteiger partial charge in [-0.2, -0.15) is 0 Å². The summed E-state index contributed by atoms with van der Waals surface area (Å²) in [5, 5.41) is 13.7. The van der Waals surface area contributed by atoms with Crippen LogP contribution in [0, 0.1) is 0 Å². The van der Waals surface area contributed by atoms with Crippen molar-refractivity contribution in [1.29, 1.82) is 0 Å². The molecule has 1 aromatic rings. The highest BCUT2D eigenvalue weighted by molar-refractivity contribution is 5.47. The van der Waals surface area contributed by atoms with Crippen molar-refractivity contribution >= 4 is 0 Å². The first-order valence-electron chi connectivity index (χ1n) is 7.40. The molecule has 2 aliphatic rings. The van der Waals surface area contributed by atoms with E-state index in [4.69, 9.17) is 0 Å². The molecule has 2 heteroatoms. The molecule has 2 nitrogen and oxygen atoms in total. The molecule has 0 aromatic heterocycles. The third-order valence-corrected chi connectivity index (χ3v) is 4.55. The van der Waals surface area contributed by atoms with Gasteiger partial charge in [0.15, 0.2) is 0 Å². The average molecular weight is 245 g/mol. The number of aromatic hydroxyl groups is 1. The topological polar surface area (TPSA) is 32.3 Å². The van der Waals surface area contributed by atoms with Gasteiger partial charge in [0, 0.05) is 5.56 Å². The first-order chi connectivity index (χ1) is 8.86. The maximum absolute atomic E-state index is 10.3. The van der Waals surface area contributed by atoms with Crippen LogP contribution in [0.5, 0.6) is 5.75 Å². The summed E-state index contributed by atoms with van der Waals surface area (Å²) in [6.07, 6.45) is 8.64. The number of aryl methyl sites for hydroxylation is 1. The molecule has 1 aliphatic carbocycles. The van der Waals surface area contributed by atoms with E-state index in [1.165, 1.54) is 61.6 Å². The molecule has 1 saturated heterocycles. The van der Waals surface area contributed by atoms with Crippen LogP contribution in [-0.4, -0.2) is 18.2 Å². The summed E-state index contributed by atoms with van der Waals surface area (Å²) < 4.78 is 0. The van der Waals surface area contributed by atoms with Gasteiger partial charge < -0.3 is 10.4 Å². The van der Waals surface area contributed by atoms with Crippen molar-refractivity contribution in [2.45, 2.75) is 50.9 Å². The molecule has 2 N–H and O–H groups in total. The van der Waals surface area contributed by atoms with Crippen LogP contribution >= 0.6 is 0 Å². The summed E-state index contributed by atoms with van der Waals surface area (Å²) in [4.78, 5) is 0. The minimum atomic E-state index is 0.544. The van der Waals surface area contributed by atoms with Crippen molar-refractivity contribution in [1.82, 2.24) is 5.32 Å². The van der Waals surface area contributed by atoms with Crippen molar-refractivity contribution in [3.05, 3.63) is 28.8 Å². The van der Waals surface area contributed by atoms with Crippen LogP contribution in [0.25, 0.3) is 0 Å². The average Bonchev–Trinajstić information content (AvgIpc) is 2.65. The first kappa shape index (κ1) is 12.0. The highest BCUT2D eigenvalue weighted by Gasteiger charge is 2.23. The maximum Gasteiger partial charge on any atom is 0.119 e. The predicted octanol–water partition coefficient (Wildman–Crippen LogP) is 3.13. The zero-order valence-electron chi connectivity index (χ0n) is 11.0. The molecule has 1 aromatic carbocycles. The molecule has 18 heavy (non-hydrogen) atoms. The van der Waals surface area contributed by atoms with E-state index >= 15 is 0 Å². The Morgan fingerprint density at radius 1 is 1.00 bits per heavy atom. The molecule has 1 heterocycles. The fourth-order valence-electron chi connectivity index (χ4n) is 3.59. The number of hydrogen-bond acceptors (Lipinski definition) is 2. The van der Waals surface area contributed by atoms with E-state index in [2.05, 4.69) is 11.4 Å². The molecule has 0 spiro atoms. The Hall–Kier alpha value is -1.02. The fraction of sp³-hybridized carbons (Fsp3) is 0.625. The zero-order valence-corrected chi connectivity index (χ0v) is 11.0. The molecular weight excluding hydrogens is 222 g/mol. The lowest BCUT2D eigenvalue weighted by atomic mass is 9.83. The summed E-state index contributed by atoms with van der Waals surface area (Å²) in [7, 11) is 0. The van der Waals surface area contributed by atoms with E-state index in [1.807, 2.05) is 6.07 Å². The third-order valence-electron chi connectivity index (χ3n) is 4.55. The molecule has 0 unspecified atom stereocenters. The van der Waals surface area contributed by atoms with Crippen molar-refractivity contribution < 1.29 is 5.11 Å². The highest BCUT2D eigenvalue weighted by Crippen LogP contribution is 2.38. The second kappa shape index (κ2) is 5.31. The number of benzene rings is 1. The Balaban J connectivity index is 2.00. The molecule has 1 fully saturated rings. The van der Waals surface area contributed by atoms with Crippen LogP contribution < -0.4 is 5.32 Å². The molecular formula is C16H23NO. The summed E-state index contributed by atoms with van der Waals surface area (Å²) in [5.41, 5.74) is 4.27. The second-order valence-electron chi connectivity index (χ2n) is 5.72. The van der Waals surface area contributed by atoms with Crippen LogP contribution in [0.1, 0.15) is 54.7 Å². The standard InChI is InChI=1S/C16H23NO/c18-15-7-6-12-4-2-1-3-5-14(12)16(15)13-8-10-17-11-9-13/h6-7,13,17-18H,1-5,8-11H2.